The number of carboxylic acids is 1. The smallest absolute Gasteiger partial charge is 0.308 e. The Bertz CT molecular complexity index is 815. The molecule has 1 amide bonds. The third-order valence-corrected chi connectivity index (χ3v) is 4.88. The van der Waals surface area contributed by atoms with Gasteiger partial charge in [0.2, 0.25) is 5.91 Å². The van der Waals surface area contributed by atoms with E-state index in [0.717, 1.165) is 53.5 Å². The number of carboxylic acid groups (broad SMARTS) is 1. The lowest BCUT2D eigenvalue weighted by Gasteiger charge is -2.26. The van der Waals surface area contributed by atoms with Crippen molar-refractivity contribution in [3.05, 3.63) is 35.5 Å². The Morgan fingerprint density at radius 3 is 2.78 bits per heavy atom. The molecule has 1 aliphatic carbocycles. The normalized spacial score (nSPS) is 20.8. The van der Waals surface area contributed by atoms with Crippen LogP contribution in [0.2, 0.25) is 0 Å². The molecule has 1 aromatic heterocycles. The van der Waals surface area contributed by atoms with Crippen molar-refractivity contribution in [1.82, 2.24) is 4.98 Å². The SMILES string of the molecule is O=C(O)C1CC(=O)N(c2c3c(nc4ccccc24)CCCC3)C1. The lowest BCUT2D eigenvalue weighted by molar-refractivity contribution is -0.141. The fourth-order valence-corrected chi connectivity index (χ4v) is 3.74. The van der Waals surface area contributed by atoms with Crippen LogP contribution in [-0.4, -0.2) is 28.5 Å². The third-order valence-electron chi connectivity index (χ3n) is 4.88. The number of nitrogens with zero attached hydrogens (tertiary/aromatic N) is 2. The largest absolute Gasteiger partial charge is 0.481 e. The van der Waals surface area contributed by atoms with Crippen molar-refractivity contribution in [2.75, 3.05) is 11.4 Å². The summed E-state index contributed by atoms with van der Waals surface area (Å²) >= 11 is 0. The average molecular weight is 310 g/mol. The van der Waals surface area contributed by atoms with Crippen molar-refractivity contribution >= 4 is 28.5 Å². The second-order valence-electron chi connectivity index (χ2n) is 6.35. The number of rotatable bonds is 2. The lowest BCUT2D eigenvalue weighted by atomic mass is 9.92. The van der Waals surface area contributed by atoms with Crippen LogP contribution >= 0.6 is 0 Å². The second kappa shape index (κ2) is 5.33. The van der Waals surface area contributed by atoms with Gasteiger partial charge in [-0.2, -0.15) is 0 Å². The zero-order chi connectivity index (χ0) is 16.0. The molecule has 1 aliphatic heterocycles. The fraction of sp³-hybridized carbons (Fsp3) is 0.389. The van der Waals surface area contributed by atoms with Crippen LogP contribution in [0.1, 0.15) is 30.5 Å². The quantitative estimate of drug-likeness (QED) is 0.925. The maximum absolute atomic E-state index is 12.5. The summed E-state index contributed by atoms with van der Waals surface area (Å²) in [6.07, 6.45) is 4.12. The molecular formula is C18H18N2O3. The summed E-state index contributed by atoms with van der Waals surface area (Å²) in [5, 5.41) is 10.2. The molecule has 1 aromatic carbocycles. The highest BCUT2D eigenvalue weighted by atomic mass is 16.4. The topological polar surface area (TPSA) is 70.5 Å². The first kappa shape index (κ1) is 14.2. The van der Waals surface area contributed by atoms with Gasteiger partial charge in [0.1, 0.15) is 0 Å². The Balaban J connectivity index is 1.91. The Morgan fingerprint density at radius 2 is 2.00 bits per heavy atom. The number of para-hydroxylation sites is 1. The number of aryl methyl sites for hydroxylation is 1. The van der Waals surface area contributed by atoms with Gasteiger partial charge in [-0.3, -0.25) is 14.6 Å². The highest BCUT2D eigenvalue weighted by molar-refractivity contribution is 6.07. The van der Waals surface area contributed by atoms with E-state index in [-0.39, 0.29) is 18.9 Å². The van der Waals surface area contributed by atoms with Crippen LogP contribution in [0.5, 0.6) is 0 Å². The van der Waals surface area contributed by atoms with Crippen LogP contribution in [0.15, 0.2) is 24.3 Å². The van der Waals surface area contributed by atoms with Crippen LogP contribution in [0.4, 0.5) is 5.69 Å². The standard InChI is InChI=1S/C18H18N2O3/c21-16-9-11(18(22)23)10-20(16)17-12-5-1-3-7-14(12)19-15-8-4-2-6-13(15)17/h1,3,5,7,11H,2,4,6,8-10H2,(H,22,23). The number of carbonyl (C=O) groups excluding carboxylic acids is 1. The molecule has 1 saturated heterocycles. The van der Waals surface area contributed by atoms with E-state index in [4.69, 9.17) is 4.98 Å². The number of amides is 1. The highest BCUT2D eigenvalue weighted by Crippen LogP contribution is 2.38. The molecule has 1 N–H and O–H groups in total. The minimum absolute atomic E-state index is 0.0841. The van der Waals surface area contributed by atoms with Gasteiger partial charge >= 0.3 is 5.97 Å². The van der Waals surface area contributed by atoms with Gasteiger partial charge in [-0.25, -0.2) is 0 Å². The Hall–Kier alpha value is -2.43. The van der Waals surface area contributed by atoms with Gasteiger partial charge in [0.25, 0.3) is 0 Å². The highest BCUT2D eigenvalue weighted by Gasteiger charge is 2.37. The molecule has 5 nitrogen and oxygen atoms in total. The summed E-state index contributed by atoms with van der Waals surface area (Å²) in [5.74, 6) is -1.61. The molecule has 0 bridgehead atoms. The summed E-state index contributed by atoms with van der Waals surface area (Å²) in [4.78, 5) is 30.2. The van der Waals surface area contributed by atoms with Crippen molar-refractivity contribution in [1.29, 1.82) is 0 Å². The van der Waals surface area contributed by atoms with Gasteiger partial charge in [-0.15, -0.1) is 0 Å². The van der Waals surface area contributed by atoms with Gasteiger partial charge in [-0.05, 0) is 37.3 Å². The molecular weight excluding hydrogens is 292 g/mol. The predicted octanol–water partition coefficient (Wildman–Crippen LogP) is 2.55. The summed E-state index contributed by atoms with van der Waals surface area (Å²) in [5.41, 5.74) is 3.99. The van der Waals surface area contributed by atoms with E-state index in [1.165, 1.54) is 0 Å². The van der Waals surface area contributed by atoms with Gasteiger partial charge in [-0.1, -0.05) is 18.2 Å². The Morgan fingerprint density at radius 1 is 1.22 bits per heavy atom. The number of carbonyl (C=O) groups is 2. The number of hydrogen-bond donors (Lipinski definition) is 1. The predicted molar refractivity (Wildman–Crippen MR) is 86.5 cm³/mol. The van der Waals surface area contributed by atoms with Crippen LogP contribution in [0.25, 0.3) is 10.9 Å². The molecule has 1 atom stereocenters. The number of aliphatic carboxylic acids is 1. The van der Waals surface area contributed by atoms with Crippen molar-refractivity contribution in [3.63, 3.8) is 0 Å². The lowest BCUT2D eigenvalue weighted by Crippen LogP contribution is -2.28. The van der Waals surface area contributed by atoms with Crippen molar-refractivity contribution in [2.45, 2.75) is 32.1 Å². The zero-order valence-corrected chi connectivity index (χ0v) is 12.8. The molecule has 1 fully saturated rings. The molecule has 4 rings (SSSR count). The van der Waals surface area contributed by atoms with Crippen LogP contribution < -0.4 is 4.90 Å². The third kappa shape index (κ3) is 2.27. The molecule has 1 unspecified atom stereocenters. The number of pyridine rings is 1. The van der Waals surface area contributed by atoms with E-state index in [9.17, 15) is 14.7 Å². The number of benzene rings is 1. The Kier molecular flexibility index (Phi) is 3.29. The maximum Gasteiger partial charge on any atom is 0.308 e. The molecule has 23 heavy (non-hydrogen) atoms. The van der Waals surface area contributed by atoms with E-state index >= 15 is 0 Å². The molecule has 2 aromatic rings. The molecule has 0 spiro atoms. The van der Waals surface area contributed by atoms with E-state index in [1.807, 2.05) is 24.3 Å². The molecule has 0 saturated carbocycles. The van der Waals surface area contributed by atoms with Crippen molar-refractivity contribution in [3.8, 4) is 0 Å². The maximum atomic E-state index is 12.5. The second-order valence-corrected chi connectivity index (χ2v) is 6.35. The average Bonchev–Trinajstić information content (AvgIpc) is 2.94. The van der Waals surface area contributed by atoms with E-state index in [1.54, 1.807) is 4.90 Å². The monoisotopic (exact) mass is 310 g/mol. The van der Waals surface area contributed by atoms with Gasteiger partial charge in [0, 0.05) is 24.0 Å². The first-order chi connectivity index (χ1) is 11.1. The number of fused-ring (bicyclic) bond motifs is 2. The molecule has 2 heterocycles. The van der Waals surface area contributed by atoms with Crippen LogP contribution in [-0.2, 0) is 22.4 Å². The van der Waals surface area contributed by atoms with Crippen LogP contribution in [0, 0.1) is 5.92 Å². The summed E-state index contributed by atoms with van der Waals surface area (Å²) < 4.78 is 0. The zero-order valence-electron chi connectivity index (χ0n) is 12.8. The molecule has 5 heteroatoms. The summed E-state index contributed by atoms with van der Waals surface area (Å²) in [6.45, 7) is 0.259. The van der Waals surface area contributed by atoms with E-state index in [2.05, 4.69) is 0 Å². The minimum atomic E-state index is -0.895. The van der Waals surface area contributed by atoms with Crippen LogP contribution in [0.3, 0.4) is 0 Å². The first-order valence-corrected chi connectivity index (χ1v) is 8.09. The van der Waals surface area contributed by atoms with Gasteiger partial charge in [0.05, 0.1) is 17.1 Å². The summed E-state index contributed by atoms with van der Waals surface area (Å²) in [7, 11) is 0. The molecule has 118 valence electrons. The summed E-state index contributed by atoms with van der Waals surface area (Å²) in [6, 6.07) is 7.83. The van der Waals surface area contributed by atoms with Crippen molar-refractivity contribution in [2.24, 2.45) is 5.92 Å². The number of hydrogen-bond acceptors (Lipinski definition) is 3. The molecule has 0 radical (unpaired) electrons. The van der Waals surface area contributed by atoms with E-state index in [0.29, 0.717) is 0 Å². The fourth-order valence-electron chi connectivity index (χ4n) is 3.74. The van der Waals surface area contributed by atoms with E-state index < -0.39 is 11.9 Å². The first-order valence-electron chi connectivity index (χ1n) is 8.09. The number of aromatic nitrogens is 1. The Labute approximate surface area is 133 Å². The van der Waals surface area contributed by atoms with Gasteiger partial charge < -0.3 is 10.0 Å². The molecule has 2 aliphatic rings. The van der Waals surface area contributed by atoms with Gasteiger partial charge in [0.15, 0.2) is 0 Å². The van der Waals surface area contributed by atoms with Crippen molar-refractivity contribution < 1.29 is 14.7 Å². The minimum Gasteiger partial charge on any atom is -0.481 e. The number of anilines is 1.